The van der Waals surface area contributed by atoms with Crippen molar-refractivity contribution < 1.29 is 24.2 Å². The van der Waals surface area contributed by atoms with Crippen LogP contribution in [0.3, 0.4) is 0 Å². The van der Waals surface area contributed by atoms with Crippen molar-refractivity contribution in [2.45, 2.75) is 193 Å². The average molecular weight is 724 g/mol. The number of hydrogen-bond acceptors (Lipinski definition) is 4. The van der Waals surface area contributed by atoms with E-state index in [9.17, 15) is 14.4 Å². The van der Waals surface area contributed by atoms with Gasteiger partial charge in [-0.05, 0) is 109 Å². The molecule has 6 heteroatoms. The van der Waals surface area contributed by atoms with Crippen molar-refractivity contribution >= 4 is 17.8 Å². The number of carbonyl (C=O) groups is 3. The van der Waals surface area contributed by atoms with Crippen molar-refractivity contribution in [3.05, 3.63) is 72.9 Å². The van der Waals surface area contributed by atoms with Crippen LogP contribution in [-0.2, 0) is 19.1 Å². The smallest absolute Gasteiger partial charge is 0.322 e. The lowest BCUT2D eigenvalue weighted by atomic mass is 10.0. The summed E-state index contributed by atoms with van der Waals surface area (Å²) in [5, 5.41) is 11.1. The number of hydrogen-bond donors (Lipinski definition) is 2. The lowest BCUT2D eigenvalue weighted by Crippen LogP contribution is -2.28. The van der Waals surface area contributed by atoms with Crippen molar-refractivity contribution in [2.24, 2.45) is 0 Å². The molecule has 0 fully saturated rings. The summed E-state index contributed by atoms with van der Waals surface area (Å²) in [7, 11) is 0. The van der Waals surface area contributed by atoms with Crippen LogP contribution >= 0.6 is 0 Å². The Labute approximate surface area is 319 Å². The zero-order valence-corrected chi connectivity index (χ0v) is 33.4. The van der Waals surface area contributed by atoms with Crippen LogP contribution in [0.25, 0.3) is 0 Å². The van der Waals surface area contributed by atoms with Crippen molar-refractivity contribution in [1.82, 2.24) is 5.32 Å². The van der Waals surface area contributed by atoms with Crippen LogP contribution in [0.2, 0.25) is 0 Å². The van der Waals surface area contributed by atoms with Gasteiger partial charge in [-0.25, -0.2) is 0 Å². The number of carboxylic acids is 1. The van der Waals surface area contributed by atoms with Gasteiger partial charge in [0.15, 0.2) is 0 Å². The molecule has 0 aliphatic rings. The number of esters is 1. The van der Waals surface area contributed by atoms with E-state index >= 15 is 0 Å². The number of unbranched alkanes of at least 4 members (excludes halogenated alkanes) is 14. The Hall–Kier alpha value is -3.15. The van der Waals surface area contributed by atoms with Crippen LogP contribution < -0.4 is 5.32 Å². The Morgan fingerprint density at radius 1 is 0.519 bits per heavy atom. The molecule has 2 N–H and O–H groups in total. The molecule has 0 radical (unpaired) electrons. The van der Waals surface area contributed by atoms with Gasteiger partial charge in [-0.2, -0.15) is 0 Å². The van der Waals surface area contributed by atoms with E-state index in [1.54, 1.807) is 0 Å². The number of nitrogens with one attached hydrogen (secondary N) is 1. The molecule has 296 valence electrons. The van der Waals surface area contributed by atoms with Crippen molar-refractivity contribution in [1.29, 1.82) is 0 Å². The van der Waals surface area contributed by atoms with E-state index in [-0.39, 0.29) is 24.5 Å². The lowest BCUT2D eigenvalue weighted by molar-refractivity contribution is -0.150. The third-order valence-electron chi connectivity index (χ3n) is 8.86. The fraction of sp³-hybridized carbons (Fsp3) is 0.674. The molecule has 0 aromatic rings. The van der Waals surface area contributed by atoms with E-state index in [4.69, 9.17) is 9.84 Å². The molecule has 0 aromatic heterocycles. The summed E-state index contributed by atoms with van der Waals surface area (Å²) in [6, 6.07) is 0. The Morgan fingerprint density at radius 2 is 0.942 bits per heavy atom. The van der Waals surface area contributed by atoms with Crippen LogP contribution in [-0.4, -0.2) is 35.6 Å². The largest absolute Gasteiger partial charge is 0.480 e. The molecule has 6 nitrogen and oxygen atoms in total. The van der Waals surface area contributed by atoms with E-state index in [1.165, 1.54) is 38.5 Å². The Kier molecular flexibility index (Phi) is 38.2. The molecule has 0 aliphatic carbocycles. The molecule has 1 atom stereocenters. The molecule has 0 aliphatic heterocycles. The van der Waals surface area contributed by atoms with Crippen molar-refractivity contribution in [3.63, 3.8) is 0 Å². The highest BCUT2D eigenvalue weighted by Gasteiger charge is 2.14. The second-order valence-electron chi connectivity index (χ2n) is 13.9. The number of ether oxygens (including phenoxy) is 1. The van der Waals surface area contributed by atoms with E-state index in [0.717, 1.165) is 122 Å². The molecule has 0 spiro atoms. The summed E-state index contributed by atoms with van der Waals surface area (Å²) >= 11 is 0. The van der Waals surface area contributed by atoms with Gasteiger partial charge < -0.3 is 15.2 Å². The van der Waals surface area contributed by atoms with Crippen molar-refractivity contribution in [3.8, 4) is 0 Å². The topological polar surface area (TPSA) is 92.7 Å². The van der Waals surface area contributed by atoms with Gasteiger partial charge in [-0.15, -0.1) is 0 Å². The first-order valence-corrected chi connectivity index (χ1v) is 21.1. The van der Waals surface area contributed by atoms with Gasteiger partial charge in [0.05, 0.1) is 0 Å². The van der Waals surface area contributed by atoms with Gasteiger partial charge in [0.2, 0.25) is 5.91 Å². The Bertz CT molecular complexity index is 1020. The first kappa shape index (κ1) is 48.9. The molecular formula is C46H77NO5. The third kappa shape index (κ3) is 39.6. The van der Waals surface area contributed by atoms with Gasteiger partial charge in [0, 0.05) is 12.8 Å². The highest BCUT2D eigenvalue weighted by Crippen LogP contribution is 2.18. The predicted octanol–water partition coefficient (Wildman–Crippen LogP) is 13.0. The summed E-state index contributed by atoms with van der Waals surface area (Å²) in [4.78, 5) is 35.0. The number of aliphatic carboxylic acids is 1. The standard InChI is InChI=1S/C46H77NO5/c1-3-5-7-9-11-13-15-17-19-21-23-25-27-30-34-38-43(39-35-31-29-32-36-40-44(48)47-42-45(49)50)52-46(51)41-37-33-28-26-24-22-20-18-16-14-12-10-8-6-4-2/h6,8,12,14-15,17-18,20-21,23-24,26,43H,3-5,7,9-11,13,16,19,22,25,27-42H2,1-2H3,(H,47,48)(H,49,50)/b8-6-,14-12-,17-15-,20-18-,23-21-,26-24-. The van der Waals surface area contributed by atoms with Crippen LogP contribution in [0.4, 0.5) is 0 Å². The number of allylic oxidation sites excluding steroid dienone is 12. The van der Waals surface area contributed by atoms with Gasteiger partial charge >= 0.3 is 11.9 Å². The van der Waals surface area contributed by atoms with Gasteiger partial charge in [0.25, 0.3) is 0 Å². The monoisotopic (exact) mass is 724 g/mol. The molecule has 1 unspecified atom stereocenters. The SMILES string of the molecule is CC/C=C\C/C=C\C/C=C\C/C=C\CCCCC(=O)OC(CCCCC/C=C\C/C=C\CCCCCCC)CCCCCCCC(=O)NCC(=O)O. The third-order valence-corrected chi connectivity index (χ3v) is 8.86. The number of carboxylic acid groups (broad SMARTS) is 1. The molecule has 0 heterocycles. The summed E-state index contributed by atoms with van der Waals surface area (Å²) in [5.74, 6) is -1.30. The quantitative estimate of drug-likeness (QED) is 0.0378. The molecule has 0 saturated carbocycles. The molecule has 0 rings (SSSR count). The molecule has 0 aromatic carbocycles. The van der Waals surface area contributed by atoms with Crippen LogP contribution in [0.5, 0.6) is 0 Å². The molecule has 52 heavy (non-hydrogen) atoms. The number of amides is 1. The maximum Gasteiger partial charge on any atom is 0.322 e. The number of rotatable bonds is 37. The predicted molar refractivity (Wildman–Crippen MR) is 221 cm³/mol. The summed E-state index contributed by atoms with van der Waals surface area (Å²) in [5.41, 5.74) is 0. The lowest BCUT2D eigenvalue weighted by Gasteiger charge is -2.18. The second-order valence-corrected chi connectivity index (χ2v) is 13.9. The molecular weight excluding hydrogens is 647 g/mol. The Balaban J connectivity index is 4.35. The maximum absolute atomic E-state index is 12.7. The minimum absolute atomic E-state index is 0.0220. The second kappa shape index (κ2) is 40.6. The fourth-order valence-electron chi connectivity index (χ4n) is 5.77. The fourth-order valence-corrected chi connectivity index (χ4v) is 5.77. The van der Waals surface area contributed by atoms with E-state index in [0.29, 0.717) is 12.8 Å². The summed E-state index contributed by atoms with van der Waals surface area (Å²) in [6.07, 6.45) is 54.5. The molecule has 0 bridgehead atoms. The van der Waals surface area contributed by atoms with E-state index < -0.39 is 5.97 Å². The van der Waals surface area contributed by atoms with Crippen LogP contribution in [0.15, 0.2) is 72.9 Å². The highest BCUT2D eigenvalue weighted by atomic mass is 16.5. The van der Waals surface area contributed by atoms with Crippen LogP contribution in [0.1, 0.15) is 187 Å². The molecule has 1 amide bonds. The minimum atomic E-state index is -1.02. The minimum Gasteiger partial charge on any atom is -0.480 e. The van der Waals surface area contributed by atoms with Gasteiger partial charge in [0.1, 0.15) is 12.6 Å². The van der Waals surface area contributed by atoms with Gasteiger partial charge in [-0.3, -0.25) is 14.4 Å². The first-order valence-electron chi connectivity index (χ1n) is 21.1. The van der Waals surface area contributed by atoms with E-state index in [1.807, 2.05) is 0 Å². The zero-order valence-electron chi connectivity index (χ0n) is 33.4. The first-order chi connectivity index (χ1) is 25.5. The average Bonchev–Trinajstić information content (AvgIpc) is 3.13. The van der Waals surface area contributed by atoms with Gasteiger partial charge in [-0.1, -0.05) is 138 Å². The summed E-state index contributed by atoms with van der Waals surface area (Å²) in [6.45, 7) is 4.09. The van der Waals surface area contributed by atoms with E-state index in [2.05, 4.69) is 92.1 Å². The maximum atomic E-state index is 12.7. The zero-order chi connectivity index (χ0) is 38.0. The highest BCUT2D eigenvalue weighted by molar-refractivity contribution is 5.80. The Morgan fingerprint density at radius 3 is 1.48 bits per heavy atom. The normalized spacial score (nSPS) is 12.8. The van der Waals surface area contributed by atoms with Crippen molar-refractivity contribution in [2.75, 3.05) is 6.54 Å². The summed E-state index contributed by atoms with van der Waals surface area (Å²) < 4.78 is 6.00. The van der Waals surface area contributed by atoms with Crippen LogP contribution in [0, 0.1) is 0 Å². The number of carbonyl (C=O) groups excluding carboxylic acids is 2. The molecule has 0 saturated heterocycles.